The summed E-state index contributed by atoms with van der Waals surface area (Å²) in [6.07, 6.45) is 1.63. The Hall–Kier alpha value is -3.48. The normalized spacial score (nSPS) is 13.9. The number of methoxy groups -OCH3 is 2. The van der Waals surface area contributed by atoms with Gasteiger partial charge < -0.3 is 24.7 Å². The highest BCUT2D eigenvalue weighted by Gasteiger charge is 2.30. The van der Waals surface area contributed by atoms with E-state index in [2.05, 4.69) is 0 Å². The Balaban J connectivity index is 1.91. The minimum absolute atomic E-state index is 0.187. The summed E-state index contributed by atoms with van der Waals surface area (Å²) >= 11 is 0. The van der Waals surface area contributed by atoms with Crippen molar-refractivity contribution in [2.24, 2.45) is 5.73 Å². The van der Waals surface area contributed by atoms with Crippen LogP contribution in [0.25, 0.3) is 6.08 Å². The van der Waals surface area contributed by atoms with Crippen LogP contribution in [-0.2, 0) is 4.79 Å². The van der Waals surface area contributed by atoms with Gasteiger partial charge in [0.25, 0.3) is 5.91 Å². The number of rotatable bonds is 6. The first-order chi connectivity index (χ1) is 12.9. The number of hydrogen-bond donors (Lipinski definition) is 1. The Kier molecular flexibility index (Phi) is 5.03. The van der Waals surface area contributed by atoms with E-state index in [9.17, 15) is 9.59 Å². The van der Waals surface area contributed by atoms with E-state index in [0.717, 1.165) is 5.56 Å². The zero-order valence-corrected chi connectivity index (χ0v) is 15.2. The van der Waals surface area contributed by atoms with Gasteiger partial charge in [0.2, 0.25) is 5.78 Å². The Morgan fingerprint density at radius 1 is 1.11 bits per heavy atom. The lowest BCUT2D eigenvalue weighted by Crippen LogP contribution is -2.20. The summed E-state index contributed by atoms with van der Waals surface area (Å²) in [5.74, 6) is 1.36. The van der Waals surface area contributed by atoms with Crippen LogP contribution >= 0.6 is 0 Å². The summed E-state index contributed by atoms with van der Waals surface area (Å²) in [5.41, 5.74) is 6.89. The number of hydrogen-bond acceptors (Lipinski definition) is 6. The van der Waals surface area contributed by atoms with Gasteiger partial charge in [-0.1, -0.05) is 6.07 Å². The molecule has 0 spiro atoms. The van der Waals surface area contributed by atoms with Crippen molar-refractivity contribution >= 4 is 17.8 Å². The van der Waals surface area contributed by atoms with E-state index >= 15 is 0 Å². The molecule has 1 amide bonds. The second-order valence-electron chi connectivity index (χ2n) is 5.87. The minimum atomic E-state index is -0.582. The van der Waals surface area contributed by atoms with Crippen LogP contribution in [0, 0.1) is 6.92 Å². The fourth-order valence-electron chi connectivity index (χ4n) is 2.77. The van der Waals surface area contributed by atoms with E-state index in [0.29, 0.717) is 34.1 Å². The highest BCUT2D eigenvalue weighted by atomic mass is 16.5. The number of fused-ring (bicyclic) bond motifs is 1. The topological polar surface area (TPSA) is 97.1 Å². The molecule has 0 aromatic heterocycles. The summed E-state index contributed by atoms with van der Waals surface area (Å²) < 4.78 is 21.6. The van der Waals surface area contributed by atoms with Gasteiger partial charge in [0.15, 0.2) is 23.9 Å². The first kappa shape index (κ1) is 18.3. The van der Waals surface area contributed by atoms with Gasteiger partial charge in [0.05, 0.1) is 19.8 Å². The Bertz CT molecular complexity index is 948. The first-order valence-electron chi connectivity index (χ1n) is 8.15. The van der Waals surface area contributed by atoms with Crippen molar-refractivity contribution in [2.45, 2.75) is 6.92 Å². The molecule has 0 unspecified atom stereocenters. The van der Waals surface area contributed by atoms with Crippen LogP contribution in [0.5, 0.6) is 23.0 Å². The van der Waals surface area contributed by atoms with Gasteiger partial charge in [-0.3, -0.25) is 9.59 Å². The van der Waals surface area contributed by atoms with Crippen molar-refractivity contribution in [1.29, 1.82) is 0 Å². The number of Topliss-reactive ketones (excluding diaryl/α,β-unsaturated/α-hetero) is 1. The number of carbonyl (C=O) groups is 2. The molecule has 2 aromatic carbocycles. The molecule has 1 aliphatic rings. The lowest BCUT2D eigenvalue weighted by Gasteiger charge is -2.10. The van der Waals surface area contributed by atoms with E-state index in [1.165, 1.54) is 0 Å². The molecule has 0 saturated carbocycles. The van der Waals surface area contributed by atoms with Gasteiger partial charge in [-0.15, -0.1) is 0 Å². The van der Waals surface area contributed by atoms with Crippen molar-refractivity contribution in [2.75, 3.05) is 20.8 Å². The molecule has 0 fully saturated rings. The number of amides is 1. The van der Waals surface area contributed by atoms with Gasteiger partial charge >= 0.3 is 0 Å². The molecule has 140 valence electrons. The molecule has 1 aliphatic heterocycles. The van der Waals surface area contributed by atoms with Gasteiger partial charge in [-0.05, 0) is 42.8 Å². The SMILES string of the molecule is COc1ccc(C=C2Oc3c(ccc(OCC(N)=O)c3C)C2=O)cc1OC. The number of ketones is 1. The summed E-state index contributed by atoms with van der Waals surface area (Å²) in [6.45, 7) is 1.50. The number of primary amides is 1. The van der Waals surface area contributed by atoms with Crippen molar-refractivity contribution in [3.8, 4) is 23.0 Å². The van der Waals surface area contributed by atoms with E-state index < -0.39 is 5.91 Å². The quantitative estimate of drug-likeness (QED) is 0.786. The average Bonchev–Trinajstić information content (AvgIpc) is 2.97. The van der Waals surface area contributed by atoms with Crippen LogP contribution in [0.1, 0.15) is 21.5 Å². The van der Waals surface area contributed by atoms with E-state index in [1.54, 1.807) is 57.6 Å². The number of benzene rings is 2. The summed E-state index contributed by atoms with van der Waals surface area (Å²) in [5, 5.41) is 0. The molecule has 0 radical (unpaired) electrons. The van der Waals surface area contributed by atoms with E-state index in [-0.39, 0.29) is 18.1 Å². The third kappa shape index (κ3) is 3.57. The van der Waals surface area contributed by atoms with Gasteiger partial charge in [0, 0.05) is 5.56 Å². The molecular weight excluding hydrogens is 350 g/mol. The van der Waals surface area contributed by atoms with Crippen LogP contribution in [0.3, 0.4) is 0 Å². The Morgan fingerprint density at radius 2 is 1.81 bits per heavy atom. The zero-order chi connectivity index (χ0) is 19.6. The maximum Gasteiger partial charge on any atom is 0.255 e. The highest BCUT2D eigenvalue weighted by Crippen LogP contribution is 2.39. The largest absolute Gasteiger partial charge is 0.493 e. The smallest absolute Gasteiger partial charge is 0.255 e. The standard InChI is InChI=1S/C20H19NO6/c1-11-14(26-10-18(21)22)7-5-13-19(23)17(27-20(11)13)9-12-4-6-15(24-2)16(8-12)25-3/h4-9H,10H2,1-3H3,(H2,21,22). The minimum Gasteiger partial charge on any atom is -0.493 e. The fourth-order valence-corrected chi connectivity index (χ4v) is 2.77. The monoisotopic (exact) mass is 369 g/mol. The maximum absolute atomic E-state index is 12.6. The van der Waals surface area contributed by atoms with Gasteiger partial charge in [-0.25, -0.2) is 0 Å². The molecule has 0 bridgehead atoms. The number of ether oxygens (including phenoxy) is 4. The van der Waals surface area contributed by atoms with Gasteiger partial charge in [-0.2, -0.15) is 0 Å². The van der Waals surface area contributed by atoms with Gasteiger partial charge in [0.1, 0.15) is 11.5 Å². The molecule has 1 heterocycles. The molecule has 0 atom stereocenters. The molecule has 7 heteroatoms. The zero-order valence-electron chi connectivity index (χ0n) is 15.2. The molecule has 27 heavy (non-hydrogen) atoms. The number of allylic oxidation sites excluding steroid dienone is 1. The third-order valence-corrected chi connectivity index (χ3v) is 4.11. The van der Waals surface area contributed by atoms with Crippen LogP contribution in [-0.4, -0.2) is 32.5 Å². The Morgan fingerprint density at radius 3 is 2.48 bits per heavy atom. The summed E-state index contributed by atoms with van der Waals surface area (Å²) in [7, 11) is 3.09. The lowest BCUT2D eigenvalue weighted by molar-refractivity contribution is -0.119. The molecule has 0 aliphatic carbocycles. The Labute approximate surface area is 156 Å². The maximum atomic E-state index is 12.6. The predicted octanol–water partition coefficient (Wildman–Crippen LogP) is 2.49. The van der Waals surface area contributed by atoms with E-state index in [1.807, 2.05) is 0 Å². The number of nitrogens with two attached hydrogens (primary N) is 1. The van der Waals surface area contributed by atoms with Crippen LogP contribution in [0.2, 0.25) is 0 Å². The van der Waals surface area contributed by atoms with Crippen molar-refractivity contribution < 1.29 is 28.5 Å². The van der Waals surface area contributed by atoms with E-state index in [4.69, 9.17) is 24.7 Å². The second kappa shape index (κ2) is 7.41. The molecule has 7 nitrogen and oxygen atoms in total. The molecular formula is C20H19NO6. The lowest BCUT2D eigenvalue weighted by atomic mass is 10.1. The fraction of sp³-hybridized carbons (Fsp3) is 0.200. The number of carbonyl (C=O) groups excluding carboxylic acids is 2. The predicted molar refractivity (Wildman–Crippen MR) is 98.3 cm³/mol. The van der Waals surface area contributed by atoms with Crippen molar-refractivity contribution in [3.05, 3.63) is 52.8 Å². The molecule has 0 saturated heterocycles. The second-order valence-corrected chi connectivity index (χ2v) is 5.87. The average molecular weight is 369 g/mol. The van der Waals surface area contributed by atoms with Crippen molar-refractivity contribution in [1.82, 2.24) is 0 Å². The highest BCUT2D eigenvalue weighted by molar-refractivity contribution is 6.15. The summed E-state index contributed by atoms with van der Waals surface area (Å²) in [4.78, 5) is 23.6. The molecule has 3 rings (SSSR count). The van der Waals surface area contributed by atoms with Crippen molar-refractivity contribution in [3.63, 3.8) is 0 Å². The molecule has 2 aromatic rings. The molecule has 2 N–H and O–H groups in total. The van der Waals surface area contributed by atoms with Crippen LogP contribution < -0.4 is 24.7 Å². The first-order valence-corrected chi connectivity index (χ1v) is 8.15. The van der Waals surface area contributed by atoms with Crippen LogP contribution in [0.4, 0.5) is 0 Å². The summed E-state index contributed by atoms with van der Waals surface area (Å²) in [6, 6.07) is 8.52. The third-order valence-electron chi connectivity index (χ3n) is 4.11. The van der Waals surface area contributed by atoms with Crippen LogP contribution in [0.15, 0.2) is 36.1 Å².